The van der Waals surface area contributed by atoms with E-state index in [1.54, 1.807) is 18.2 Å². The Bertz CT molecular complexity index is 813. The van der Waals surface area contributed by atoms with Gasteiger partial charge >= 0.3 is 5.97 Å². The second-order valence-electron chi connectivity index (χ2n) is 5.29. The molecule has 0 aliphatic carbocycles. The van der Waals surface area contributed by atoms with Crippen molar-refractivity contribution in [2.24, 2.45) is 5.14 Å². The van der Waals surface area contributed by atoms with E-state index in [-0.39, 0.29) is 16.7 Å². The first kappa shape index (κ1) is 17.2. The van der Waals surface area contributed by atoms with Crippen LogP contribution in [0, 0.1) is 0 Å². The maximum Gasteiger partial charge on any atom is 0.372 e. The van der Waals surface area contributed by atoms with Crippen molar-refractivity contribution in [3.05, 3.63) is 53.5 Å². The van der Waals surface area contributed by atoms with E-state index in [9.17, 15) is 13.2 Å². The number of nitrogens with two attached hydrogens (primary N) is 1. The molecule has 2 rings (SSSR count). The highest BCUT2D eigenvalue weighted by Gasteiger charge is 2.19. The molecule has 0 radical (unpaired) electrons. The molecule has 0 saturated carbocycles. The van der Waals surface area contributed by atoms with E-state index in [4.69, 9.17) is 14.7 Å². The molecule has 1 heterocycles. The Balaban J connectivity index is 2.21. The first-order valence-corrected chi connectivity index (χ1v) is 8.37. The number of benzene rings is 1. The van der Waals surface area contributed by atoms with Gasteiger partial charge in [0.15, 0.2) is 0 Å². The Morgan fingerprint density at radius 2 is 2.09 bits per heavy atom. The smallest absolute Gasteiger partial charge is 0.372 e. The average Bonchev–Trinajstić information content (AvgIpc) is 2.94. The number of carboxylic acid groups (broad SMARTS) is 1. The molecule has 23 heavy (non-hydrogen) atoms. The minimum absolute atomic E-state index is 0.0461. The molecule has 0 saturated heterocycles. The third-order valence-electron chi connectivity index (χ3n) is 3.69. The van der Waals surface area contributed by atoms with Gasteiger partial charge in [-0.3, -0.25) is 4.90 Å². The highest BCUT2D eigenvalue weighted by Crippen LogP contribution is 2.24. The Morgan fingerprint density at radius 1 is 1.39 bits per heavy atom. The summed E-state index contributed by atoms with van der Waals surface area (Å²) in [5, 5.41) is 14.2. The summed E-state index contributed by atoms with van der Waals surface area (Å²) in [5.41, 5.74) is 1.31. The van der Waals surface area contributed by atoms with Gasteiger partial charge in [-0.05, 0) is 37.7 Å². The van der Waals surface area contributed by atoms with E-state index >= 15 is 0 Å². The number of carbonyl (C=O) groups is 1. The SMILES string of the molecule is CC(c1cccc(S(N)(=O)=O)c1)N(C)Cc1ccoc1C(=O)O. The van der Waals surface area contributed by atoms with Crippen LogP contribution in [0.2, 0.25) is 0 Å². The van der Waals surface area contributed by atoms with E-state index in [2.05, 4.69) is 0 Å². The van der Waals surface area contributed by atoms with E-state index in [1.165, 1.54) is 18.4 Å². The van der Waals surface area contributed by atoms with Crippen molar-refractivity contribution >= 4 is 16.0 Å². The third kappa shape index (κ3) is 3.98. The summed E-state index contributed by atoms with van der Waals surface area (Å²) >= 11 is 0. The molecule has 0 fully saturated rings. The first-order valence-electron chi connectivity index (χ1n) is 6.83. The second kappa shape index (κ2) is 6.53. The van der Waals surface area contributed by atoms with E-state index in [0.29, 0.717) is 12.1 Å². The number of hydrogen-bond donors (Lipinski definition) is 2. The summed E-state index contributed by atoms with van der Waals surface area (Å²) in [6.07, 6.45) is 1.33. The van der Waals surface area contributed by atoms with Gasteiger partial charge in [-0.2, -0.15) is 0 Å². The van der Waals surface area contributed by atoms with Crippen LogP contribution in [0.25, 0.3) is 0 Å². The van der Waals surface area contributed by atoms with Crippen LogP contribution >= 0.6 is 0 Å². The van der Waals surface area contributed by atoms with E-state index < -0.39 is 16.0 Å². The fourth-order valence-corrected chi connectivity index (χ4v) is 2.83. The quantitative estimate of drug-likeness (QED) is 0.830. The first-order chi connectivity index (χ1) is 10.7. The fourth-order valence-electron chi connectivity index (χ4n) is 2.26. The molecular weight excluding hydrogens is 320 g/mol. The predicted octanol–water partition coefficient (Wildman–Crippen LogP) is 1.82. The number of primary sulfonamides is 1. The molecule has 0 spiro atoms. The minimum atomic E-state index is -3.76. The molecule has 1 aromatic heterocycles. The zero-order chi connectivity index (χ0) is 17.2. The maximum atomic E-state index is 11.4. The number of nitrogens with zero attached hydrogens (tertiary/aromatic N) is 1. The Morgan fingerprint density at radius 3 is 2.70 bits per heavy atom. The summed E-state index contributed by atoms with van der Waals surface area (Å²) in [4.78, 5) is 13.0. The van der Waals surface area contributed by atoms with Gasteiger partial charge in [0, 0.05) is 18.2 Å². The number of carboxylic acids is 1. The lowest BCUT2D eigenvalue weighted by Crippen LogP contribution is -2.23. The van der Waals surface area contributed by atoms with Gasteiger partial charge in [0.1, 0.15) is 0 Å². The number of hydrogen-bond acceptors (Lipinski definition) is 5. The highest BCUT2D eigenvalue weighted by atomic mass is 32.2. The molecular formula is C15H18N2O5S. The van der Waals surface area contributed by atoms with Crippen LogP contribution in [0.3, 0.4) is 0 Å². The lowest BCUT2D eigenvalue weighted by Gasteiger charge is -2.25. The maximum absolute atomic E-state index is 11.4. The average molecular weight is 338 g/mol. The number of rotatable bonds is 6. The lowest BCUT2D eigenvalue weighted by molar-refractivity contribution is 0.0659. The van der Waals surface area contributed by atoms with Crippen LogP contribution in [0.1, 0.15) is 34.6 Å². The van der Waals surface area contributed by atoms with Crippen molar-refractivity contribution < 1.29 is 22.7 Å². The second-order valence-corrected chi connectivity index (χ2v) is 6.85. The molecule has 1 aromatic carbocycles. The fraction of sp³-hybridized carbons (Fsp3) is 0.267. The highest BCUT2D eigenvalue weighted by molar-refractivity contribution is 7.89. The lowest BCUT2D eigenvalue weighted by atomic mass is 10.1. The number of furan rings is 1. The molecule has 0 bridgehead atoms. The summed E-state index contributed by atoms with van der Waals surface area (Å²) in [5.74, 6) is -1.22. The summed E-state index contributed by atoms with van der Waals surface area (Å²) in [6.45, 7) is 2.24. The predicted molar refractivity (Wildman–Crippen MR) is 83.4 cm³/mol. The third-order valence-corrected chi connectivity index (χ3v) is 4.60. The van der Waals surface area contributed by atoms with Gasteiger partial charge in [0.2, 0.25) is 15.8 Å². The summed E-state index contributed by atoms with van der Waals surface area (Å²) < 4.78 is 27.8. The number of sulfonamides is 1. The van der Waals surface area contributed by atoms with E-state index in [1.807, 2.05) is 18.9 Å². The van der Waals surface area contributed by atoms with Crippen molar-refractivity contribution in [2.75, 3.05) is 7.05 Å². The zero-order valence-electron chi connectivity index (χ0n) is 12.8. The van der Waals surface area contributed by atoms with Crippen LogP contribution in [0.15, 0.2) is 45.9 Å². The standard InChI is InChI=1S/C15H18N2O5S/c1-10(11-4-3-5-13(8-11)23(16,20)21)17(2)9-12-6-7-22-14(12)15(18)19/h3-8,10H,9H2,1-2H3,(H,18,19)(H2,16,20,21). The molecule has 7 nitrogen and oxygen atoms in total. The minimum Gasteiger partial charge on any atom is -0.475 e. The molecule has 1 unspecified atom stereocenters. The Hall–Kier alpha value is -2.16. The largest absolute Gasteiger partial charge is 0.475 e. The van der Waals surface area contributed by atoms with E-state index in [0.717, 1.165) is 5.56 Å². The van der Waals surface area contributed by atoms with Crippen molar-refractivity contribution in [2.45, 2.75) is 24.4 Å². The van der Waals surface area contributed by atoms with Gasteiger partial charge < -0.3 is 9.52 Å². The molecule has 0 aliphatic rings. The van der Waals surface area contributed by atoms with Gasteiger partial charge in [-0.1, -0.05) is 12.1 Å². The van der Waals surface area contributed by atoms with Crippen LogP contribution in [-0.2, 0) is 16.6 Å². The molecule has 2 aromatic rings. The molecule has 0 aliphatic heterocycles. The summed E-state index contributed by atoms with van der Waals surface area (Å²) in [7, 11) is -1.95. The molecule has 124 valence electrons. The van der Waals surface area contributed by atoms with Crippen LogP contribution in [0.4, 0.5) is 0 Å². The van der Waals surface area contributed by atoms with Gasteiger partial charge in [0.05, 0.1) is 11.2 Å². The van der Waals surface area contributed by atoms with Crippen molar-refractivity contribution in [1.29, 1.82) is 0 Å². The van der Waals surface area contributed by atoms with Gasteiger partial charge in [0.25, 0.3) is 0 Å². The monoisotopic (exact) mass is 338 g/mol. The van der Waals surface area contributed by atoms with Crippen molar-refractivity contribution in [3.8, 4) is 0 Å². The topological polar surface area (TPSA) is 114 Å². The normalized spacial score (nSPS) is 13.2. The molecule has 8 heteroatoms. The zero-order valence-corrected chi connectivity index (χ0v) is 13.6. The van der Waals surface area contributed by atoms with Crippen molar-refractivity contribution in [3.63, 3.8) is 0 Å². The van der Waals surface area contributed by atoms with Gasteiger partial charge in [-0.25, -0.2) is 18.4 Å². The summed E-state index contributed by atoms with van der Waals surface area (Å²) in [6, 6.07) is 7.83. The number of aromatic carboxylic acids is 1. The molecule has 0 amide bonds. The van der Waals surface area contributed by atoms with Crippen molar-refractivity contribution in [1.82, 2.24) is 4.90 Å². The van der Waals surface area contributed by atoms with Crippen LogP contribution in [-0.4, -0.2) is 31.4 Å². The molecule has 1 atom stereocenters. The van der Waals surface area contributed by atoms with Crippen LogP contribution in [0.5, 0.6) is 0 Å². The Labute approximate surface area is 134 Å². The van der Waals surface area contributed by atoms with Crippen LogP contribution < -0.4 is 5.14 Å². The molecule has 3 N–H and O–H groups in total. The Kier molecular flexibility index (Phi) is 4.88. The van der Waals surface area contributed by atoms with Gasteiger partial charge in [-0.15, -0.1) is 0 Å².